The number of aryl methyl sites for hydroxylation is 2. The highest BCUT2D eigenvalue weighted by Crippen LogP contribution is 2.38. The summed E-state index contributed by atoms with van der Waals surface area (Å²) in [5, 5.41) is 2.92. The quantitative estimate of drug-likeness (QED) is 0.431. The highest BCUT2D eigenvalue weighted by Gasteiger charge is 2.35. The molecule has 162 valence electrons. The number of nitrogens with one attached hydrogen (secondary N) is 3. The molecule has 1 aliphatic heterocycles. The summed E-state index contributed by atoms with van der Waals surface area (Å²) >= 11 is 0. The first-order valence-corrected chi connectivity index (χ1v) is 12.0. The van der Waals surface area contributed by atoms with Crippen LogP contribution in [-0.2, 0) is 40.7 Å². The van der Waals surface area contributed by atoms with Crippen LogP contribution in [0.3, 0.4) is 0 Å². The molecule has 2 aromatic carbocycles. The smallest absolute Gasteiger partial charge is 0.337 e. The first kappa shape index (κ1) is 19.7. The molecular formula is C22H23N3O5S. The predicted molar refractivity (Wildman–Crippen MR) is 116 cm³/mol. The maximum Gasteiger partial charge on any atom is 0.337 e. The topological polar surface area (TPSA) is 114 Å². The molecule has 31 heavy (non-hydrogen) atoms. The van der Waals surface area contributed by atoms with E-state index < -0.39 is 28.2 Å². The monoisotopic (exact) mass is 441 g/mol. The van der Waals surface area contributed by atoms with E-state index in [9.17, 15) is 18.6 Å². The van der Waals surface area contributed by atoms with E-state index in [2.05, 4.69) is 20.8 Å². The number of fused-ring (bicyclic) bond motifs is 3. The zero-order chi connectivity index (χ0) is 21.8. The van der Waals surface area contributed by atoms with Crippen LogP contribution in [-0.4, -0.2) is 29.2 Å². The molecule has 0 fully saturated rings. The number of benzene rings is 2. The lowest BCUT2D eigenvalue weighted by atomic mass is 9.99. The number of amides is 3. The van der Waals surface area contributed by atoms with Crippen LogP contribution in [0, 0.1) is 0 Å². The molecule has 0 saturated heterocycles. The van der Waals surface area contributed by atoms with E-state index in [0.29, 0.717) is 0 Å². The van der Waals surface area contributed by atoms with Crippen LogP contribution in [0.5, 0.6) is 0 Å². The van der Waals surface area contributed by atoms with Crippen LogP contribution in [0.1, 0.15) is 55.8 Å². The van der Waals surface area contributed by atoms with Crippen LogP contribution >= 0.6 is 0 Å². The summed E-state index contributed by atoms with van der Waals surface area (Å²) < 4.78 is 23.1. The Hall–Kier alpha value is -3.20. The Morgan fingerprint density at radius 2 is 1.71 bits per heavy atom. The van der Waals surface area contributed by atoms with Crippen molar-refractivity contribution in [3.8, 4) is 0 Å². The molecule has 3 aliphatic rings. The number of methoxy groups -OCH3 is 1. The minimum Gasteiger partial charge on any atom is -0.465 e. The molecule has 2 aromatic rings. The maximum atomic E-state index is 13.5. The summed E-state index contributed by atoms with van der Waals surface area (Å²) in [5.74, 6) is -1.18. The van der Waals surface area contributed by atoms with Crippen LogP contribution < -0.4 is 14.8 Å². The molecule has 0 atom stereocenters. The van der Waals surface area contributed by atoms with Crippen molar-refractivity contribution in [2.75, 3.05) is 12.4 Å². The number of esters is 1. The van der Waals surface area contributed by atoms with E-state index in [1.807, 2.05) is 0 Å². The fraction of sp³-hybridized carbons (Fsp3) is 0.318. The fourth-order valence-electron chi connectivity index (χ4n) is 4.83. The SMILES string of the molecule is COC(=O)c1ccc2c(c1)[SH](=O)(NC(=O)Nc1c3c(cc4c1CCC4)CCC3)NC2=O. The number of hydrogen-bond donors (Lipinski definition) is 4. The van der Waals surface area contributed by atoms with Gasteiger partial charge in [-0.2, -0.15) is 0 Å². The van der Waals surface area contributed by atoms with Crippen molar-refractivity contribution in [1.82, 2.24) is 9.44 Å². The first-order valence-electron chi connectivity index (χ1n) is 10.3. The standard InChI is InChI=1S/C22H23N3O5S/c1-30-21(27)14-8-9-17-18(11-14)31(29,24-20(17)26)25-22(28)23-19-15-6-2-4-12(15)10-13-5-3-7-16(13)19/h8-11,31H,2-7H2,1H3,(H3,23,24,25,26,28,29). The van der Waals surface area contributed by atoms with Crippen molar-refractivity contribution < 1.29 is 23.3 Å². The van der Waals surface area contributed by atoms with Crippen LogP contribution in [0.15, 0.2) is 29.2 Å². The minimum atomic E-state index is -3.80. The van der Waals surface area contributed by atoms with E-state index in [-0.39, 0.29) is 16.0 Å². The Kier molecular flexibility index (Phi) is 4.58. The molecule has 0 radical (unpaired) electrons. The number of urea groups is 1. The molecule has 8 nitrogen and oxygen atoms in total. The van der Waals surface area contributed by atoms with Gasteiger partial charge in [-0.05, 0) is 79.0 Å². The second-order valence-corrected chi connectivity index (χ2v) is 10.2. The second-order valence-electron chi connectivity index (χ2n) is 8.07. The summed E-state index contributed by atoms with van der Waals surface area (Å²) in [6.07, 6.45) is 5.89. The molecule has 9 heteroatoms. The maximum absolute atomic E-state index is 13.5. The van der Waals surface area contributed by atoms with E-state index >= 15 is 0 Å². The average molecular weight is 442 g/mol. The zero-order valence-corrected chi connectivity index (χ0v) is 17.9. The Bertz CT molecular complexity index is 1170. The summed E-state index contributed by atoms with van der Waals surface area (Å²) in [4.78, 5) is 37.2. The van der Waals surface area contributed by atoms with Crippen LogP contribution in [0.4, 0.5) is 10.5 Å². The second kappa shape index (κ2) is 7.19. The van der Waals surface area contributed by atoms with Crippen molar-refractivity contribution in [3.63, 3.8) is 0 Å². The van der Waals surface area contributed by atoms with Gasteiger partial charge in [0, 0.05) is 5.69 Å². The first-order chi connectivity index (χ1) is 14.9. The van der Waals surface area contributed by atoms with E-state index in [1.54, 1.807) is 0 Å². The third-order valence-corrected chi connectivity index (χ3v) is 8.32. The molecule has 3 N–H and O–H groups in total. The molecule has 2 aliphatic carbocycles. The Morgan fingerprint density at radius 1 is 1.03 bits per heavy atom. The Balaban J connectivity index is 1.45. The fourth-order valence-corrected chi connectivity index (χ4v) is 6.71. The van der Waals surface area contributed by atoms with Crippen molar-refractivity contribution in [3.05, 3.63) is 57.6 Å². The van der Waals surface area contributed by atoms with Gasteiger partial charge < -0.3 is 10.1 Å². The average Bonchev–Trinajstić information content (AvgIpc) is 3.46. The number of ether oxygens (including phenoxy) is 1. The number of carbonyl (C=O) groups excluding carboxylic acids is 3. The number of anilines is 1. The molecule has 0 spiro atoms. The van der Waals surface area contributed by atoms with Gasteiger partial charge in [0.15, 0.2) is 0 Å². The molecule has 3 amide bonds. The van der Waals surface area contributed by atoms with Gasteiger partial charge >= 0.3 is 12.0 Å². The van der Waals surface area contributed by atoms with E-state index in [4.69, 9.17) is 4.74 Å². The van der Waals surface area contributed by atoms with Gasteiger partial charge in [0.2, 0.25) is 0 Å². The summed E-state index contributed by atoms with van der Waals surface area (Å²) in [5.41, 5.74) is 5.97. The number of thiol groups is 1. The lowest BCUT2D eigenvalue weighted by Gasteiger charge is -2.23. The lowest BCUT2D eigenvalue weighted by Crippen LogP contribution is -2.46. The molecule has 0 bridgehead atoms. The highest BCUT2D eigenvalue weighted by molar-refractivity contribution is 8.01. The molecule has 5 rings (SSSR count). The van der Waals surface area contributed by atoms with E-state index in [0.717, 1.165) is 55.3 Å². The molecule has 0 aromatic heterocycles. The zero-order valence-electron chi connectivity index (χ0n) is 17.0. The van der Waals surface area contributed by atoms with Gasteiger partial charge in [-0.1, -0.05) is 6.07 Å². The lowest BCUT2D eigenvalue weighted by molar-refractivity contribution is 0.0600. The van der Waals surface area contributed by atoms with Gasteiger partial charge in [-0.15, -0.1) is 0 Å². The predicted octanol–water partition coefficient (Wildman–Crippen LogP) is 2.22. The van der Waals surface area contributed by atoms with E-state index in [1.165, 1.54) is 36.4 Å². The van der Waals surface area contributed by atoms with Gasteiger partial charge in [0.1, 0.15) is 0 Å². The Morgan fingerprint density at radius 3 is 2.35 bits per heavy atom. The van der Waals surface area contributed by atoms with Gasteiger partial charge in [0.05, 0.1) is 33.4 Å². The molecular weight excluding hydrogens is 418 g/mol. The molecule has 0 saturated carbocycles. The third-order valence-electron chi connectivity index (χ3n) is 6.23. The van der Waals surface area contributed by atoms with Crippen molar-refractivity contribution in [2.45, 2.75) is 43.4 Å². The summed E-state index contributed by atoms with van der Waals surface area (Å²) in [6.45, 7) is 0. The number of hydrogen-bond acceptors (Lipinski definition) is 5. The summed E-state index contributed by atoms with van der Waals surface area (Å²) in [7, 11) is -2.56. The van der Waals surface area contributed by atoms with Crippen LogP contribution in [0.2, 0.25) is 0 Å². The van der Waals surface area contributed by atoms with Crippen LogP contribution in [0.25, 0.3) is 0 Å². The van der Waals surface area contributed by atoms with Crippen molar-refractivity contribution in [1.29, 1.82) is 0 Å². The molecule has 0 unspecified atom stereocenters. The highest BCUT2D eigenvalue weighted by atomic mass is 32.3. The van der Waals surface area contributed by atoms with Gasteiger partial charge in [-0.3, -0.25) is 14.2 Å². The van der Waals surface area contributed by atoms with Crippen molar-refractivity contribution >= 4 is 33.9 Å². The largest absolute Gasteiger partial charge is 0.465 e. The Labute approximate surface area is 180 Å². The van der Waals surface area contributed by atoms with Gasteiger partial charge in [0.25, 0.3) is 5.91 Å². The minimum absolute atomic E-state index is 0.0964. The van der Waals surface area contributed by atoms with Gasteiger partial charge in [-0.25, -0.2) is 13.8 Å². The number of carbonyl (C=O) groups is 3. The normalized spacial score (nSPS) is 18.4. The third kappa shape index (κ3) is 3.20. The molecule has 1 heterocycles. The van der Waals surface area contributed by atoms with Crippen molar-refractivity contribution in [2.24, 2.45) is 0 Å². The number of rotatable bonds is 3. The summed E-state index contributed by atoms with van der Waals surface area (Å²) in [6, 6.07) is 5.79.